The van der Waals surface area contributed by atoms with E-state index in [1.807, 2.05) is 9.47 Å². The Morgan fingerprint density at radius 3 is 2.72 bits per heavy atom. The second-order valence-corrected chi connectivity index (χ2v) is 9.27. The summed E-state index contributed by atoms with van der Waals surface area (Å²) < 4.78 is 28.8. The van der Waals surface area contributed by atoms with Gasteiger partial charge in [-0.05, 0) is 31.2 Å². The van der Waals surface area contributed by atoms with Gasteiger partial charge in [0.2, 0.25) is 11.8 Å². The van der Waals surface area contributed by atoms with Crippen molar-refractivity contribution in [2.75, 3.05) is 43.4 Å². The molecule has 0 spiro atoms. The van der Waals surface area contributed by atoms with Crippen LogP contribution in [0.25, 0.3) is 28.4 Å². The van der Waals surface area contributed by atoms with Gasteiger partial charge >= 0.3 is 5.97 Å². The number of furan rings is 1. The molecule has 6 rings (SSSR count). The van der Waals surface area contributed by atoms with Crippen molar-refractivity contribution in [2.24, 2.45) is 0 Å². The zero-order valence-electron chi connectivity index (χ0n) is 21.1. The minimum atomic E-state index is -1.11. The van der Waals surface area contributed by atoms with Gasteiger partial charge in [0, 0.05) is 45.3 Å². The van der Waals surface area contributed by atoms with Crippen molar-refractivity contribution in [2.45, 2.75) is 19.6 Å². The topological polar surface area (TPSA) is 153 Å². The molecule has 0 bridgehead atoms. The highest BCUT2D eigenvalue weighted by molar-refractivity contribution is 5.87. The highest BCUT2D eigenvalue weighted by Crippen LogP contribution is 2.26. The zero-order chi connectivity index (χ0) is 27.1. The lowest BCUT2D eigenvalue weighted by Gasteiger charge is -2.36. The van der Waals surface area contributed by atoms with Crippen molar-refractivity contribution in [1.82, 2.24) is 34.0 Å². The molecule has 13 nitrogen and oxygen atoms in total. The van der Waals surface area contributed by atoms with Crippen LogP contribution in [0.1, 0.15) is 6.92 Å². The summed E-state index contributed by atoms with van der Waals surface area (Å²) in [6.07, 6.45) is 2.22. The molecule has 1 atom stereocenters. The van der Waals surface area contributed by atoms with Crippen LogP contribution in [0.4, 0.5) is 16.0 Å². The molecule has 5 heterocycles. The van der Waals surface area contributed by atoms with Gasteiger partial charge in [0.25, 0.3) is 0 Å². The largest absolute Gasteiger partial charge is 0.479 e. The third-order valence-electron chi connectivity index (χ3n) is 6.76. The molecular weight excluding hydrogens is 509 g/mol. The molecule has 14 heteroatoms. The van der Waals surface area contributed by atoms with Crippen LogP contribution in [0.3, 0.4) is 0 Å². The van der Waals surface area contributed by atoms with Crippen LogP contribution in [-0.4, -0.2) is 83.9 Å². The van der Waals surface area contributed by atoms with Gasteiger partial charge in [-0.15, -0.1) is 5.10 Å². The number of halogens is 1. The number of hydrogen-bond acceptors (Lipinski definition) is 10. The lowest BCUT2D eigenvalue weighted by Crippen LogP contribution is -2.47. The average molecular weight is 536 g/mol. The number of nitrogens with zero attached hydrogens (tertiary/aromatic N) is 8. The molecule has 0 saturated carbocycles. The smallest absolute Gasteiger partial charge is 0.344 e. The van der Waals surface area contributed by atoms with Crippen molar-refractivity contribution in [3.05, 3.63) is 48.7 Å². The molecule has 3 N–H and O–H groups in total. The molecule has 1 aliphatic heterocycles. The SMILES string of the molecule is C[C@@H](Oc1ccc(N2CCN(CCn3cnc4c3nc(N)n3nc(-c5ccco5)nc43)CC2)c(F)c1)C(=O)O. The Bertz CT molecular complexity index is 1640. The minimum absolute atomic E-state index is 0.187. The Kier molecular flexibility index (Phi) is 6.23. The summed E-state index contributed by atoms with van der Waals surface area (Å²) in [6.45, 7) is 5.58. The fourth-order valence-corrected chi connectivity index (χ4v) is 4.64. The number of benzene rings is 1. The van der Waals surface area contributed by atoms with Gasteiger partial charge in [0.05, 0.1) is 18.3 Å². The third kappa shape index (κ3) is 4.69. The molecule has 0 aliphatic carbocycles. The number of aliphatic carboxylic acids is 1. The van der Waals surface area contributed by atoms with Crippen molar-refractivity contribution < 1.29 is 23.4 Å². The normalized spacial score (nSPS) is 15.3. The van der Waals surface area contributed by atoms with Crippen molar-refractivity contribution in [1.29, 1.82) is 0 Å². The van der Waals surface area contributed by atoms with Gasteiger partial charge in [-0.2, -0.15) is 9.50 Å². The van der Waals surface area contributed by atoms with E-state index in [4.69, 9.17) is 20.0 Å². The second-order valence-electron chi connectivity index (χ2n) is 9.27. The molecule has 202 valence electrons. The maximum atomic E-state index is 14.8. The molecule has 1 fully saturated rings. The van der Waals surface area contributed by atoms with E-state index in [2.05, 4.69) is 25.0 Å². The highest BCUT2D eigenvalue weighted by Gasteiger charge is 2.22. The monoisotopic (exact) mass is 535 g/mol. The first kappa shape index (κ1) is 24.6. The standard InChI is InChI=1S/C25H26FN9O4/c1-15(24(36)37)39-16-4-5-18(17(26)13-16)33-9-6-32(7-10-33)8-11-34-14-28-20-22(34)30-25(27)35-23(20)29-21(31-35)19-3-2-12-38-19/h2-5,12-15H,6-11H2,1H3,(H2,27,30)(H,36,37)/t15-/m1/s1. The molecule has 4 aromatic heterocycles. The molecule has 1 aromatic carbocycles. The van der Waals surface area contributed by atoms with Gasteiger partial charge in [-0.3, -0.25) is 4.90 Å². The van der Waals surface area contributed by atoms with E-state index in [0.29, 0.717) is 53.7 Å². The van der Waals surface area contributed by atoms with Crippen molar-refractivity contribution >= 4 is 34.4 Å². The number of aromatic nitrogens is 6. The first-order valence-electron chi connectivity index (χ1n) is 12.4. The maximum Gasteiger partial charge on any atom is 0.344 e. The summed E-state index contributed by atoms with van der Waals surface area (Å²) in [5.41, 5.74) is 8.38. The van der Waals surface area contributed by atoms with Crippen LogP contribution in [0.2, 0.25) is 0 Å². The number of rotatable bonds is 8. The van der Waals surface area contributed by atoms with Crippen LogP contribution < -0.4 is 15.4 Å². The Morgan fingerprint density at radius 1 is 1.18 bits per heavy atom. The maximum absolute atomic E-state index is 14.8. The van der Waals surface area contributed by atoms with E-state index >= 15 is 0 Å². The number of anilines is 2. The summed E-state index contributed by atoms with van der Waals surface area (Å²) >= 11 is 0. The minimum Gasteiger partial charge on any atom is -0.479 e. The second kappa shape index (κ2) is 9.87. The third-order valence-corrected chi connectivity index (χ3v) is 6.76. The van der Waals surface area contributed by atoms with Gasteiger partial charge < -0.3 is 29.5 Å². The Balaban J connectivity index is 1.10. The van der Waals surface area contributed by atoms with E-state index in [0.717, 1.165) is 19.6 Å². The molecule has 39 heavy (non-hydrogen) atoms. The van der Waals surface area contributed by atoms with Crippen LogP contribution in [0.5, 0.6) is 5.75 Å². The van der Waals surface area contributed by atoms with E-state index in [-0.39, 0.29) is 11.7 Å². The molecule has 0 amide bonds. The molecule has 0 unspecified atom stereocenters. The van der Waals surface area contributed by atoms with Gasteiger partial charge in [-0.25, -0.2) is 19.2 Å². The molecule has 1 aliphatic rings. The van der Waals surface area contributed by atoms with Crippen LogP contribution >= 0.6 is 0 Å². The van der Waals surface area contributed by atoms with Gasteiger partial charge in [-0.1, -0.05) is 0 Å². The Morgan fingerprint density at radius 2 is 2.00 bits per heavy atom. The average Bonchev–Trinajstić information content (AvgIpc) is 3.68. The number of nitrogen functional groups attached to an aromatic ring is 1. The first-order valence-corrected chi connectivity index (χ1v) is 12.4. The predicted molar refractivity (Wildman–Crippen MR) is 139 cm³/mol. The number of carbonyl (C=O) groups is 1. The summed E-state index contributed by atoms with van der Waals surface area (Å²) in [4.78, 5) is 28.8. The molecule has 0 radical (unpaired) electrons. The quantitative estimate of drug-likeness (QED) is 0.300. The number of imidazole rings is 1. The van der Waals surface area contributed by atoms with Crippen molar-refractivity contribution in [3.63, 3.8) is 0 Å². The number of hydrogen-bond donors (Lipinski definition) is 2. The molecule has 1 saturated heterocycles. The lowest BCUT2D eigenvalue weighted by molar-refractivity contribution is -0.144. The van der Waals surface area contributed by atoms with E-state index in [9.17, 15) is 9.18 Å². The van der Waals surface area contributed by atoms with E-state index in [1.165, 1.54) is 17.5 Å². The number of nitrogens with two attached hydrogens (primary N) is 1. The Labute approximate surface area is 221 Å². The number of carboxylic acid groups (broad SMARTS) is 1. The number of piperazine rings is 1. The fourth-order valence-electron chi connectivity index (χ4n) is 4.64. The summed E-state index contributed by atoms with van der Waals surface area (Å²) in [5.74, 6) is -0.225. The first-order chi connectivity index (χ1) is 18.9. The lowest BCUT2D eigenvalue weighted by atomic mass is 10.2. The number of fused-ring (bicyclic) bond motifs is 3. The summed E-state index contributed by atoms with van der Waals surface area (Å²) in [6, 6.07) is 7.99. The number of ether oxygens (including phenoxy) is 1. The summed E-state index contributed by atoms with van der Waals surface area (Å²) in [5, 5.41) is 13.4. The highest BCUT2D eigenvalue weighted by atomic mass is 19.1. The van der Waals surface area contributed by atoms with E-state index in [1.54, 1.807) is 36.9 Å². The zero-order valence-corrected chi connectivity index (χ0v) is 21.1. The van der Waals surface area contributed by atoms with Crippen molar-refractivity contribution in [3.8, 4) is 17.3 Å². The Hall–Kier alpha value is -4.72. The predicted octanol–water partition coefficient (Wildman–Crippen LogP) is 2.13. The van der Waals surface area contributed by atoms with Gasteiger partial charge in [0.1, 0.15) is 11.6 Å². The van der Waals surface area contributed by atoms with Crippen LogP contribution in [0.15, 0.2) is 47.3 Å². The fraction of sp³-hybridized carbons (Fsp3) is 0.320. The van der Waals surface area contributed by atoms with E-state index < -0.39 is 17.9 Å². The molecule has 5 aromatic rings. The summed E-state index contributed by atoms with van der Waals surface area (Å²) in [7, 11) is 0. The molecular formula is C25H26FN9O4. The van der Waals surface area contributed by atoms with Gasteiger partial charge in [0.15, 0.2) is 28.7 Å². The van der Waals surface area contributed by atoms with Crippen LogP contribution in [-0.2, 0) is 11.3 Å². The number of carboxylic acids is 1. The van der Waals surface area contributed by atoms with Crippen LogP contribution in [0, 0.1) is 5.82 Å².